The number of carbonyl (C=O) groups excluding carboxylic acids is 2. The molecule has 1 heterocycles. The van der Waals surface area contributed by atoms with Crippen LogP contribution in [0.3, 0.4) is 0 Å². The summed E-state index contributed by atoms with van der Waals surface area (Å²) in [6.07, 6.45) is 4.71. The maximum atomic E-state index is 12.0. The fourth-order valence-corrected chi connectivity index (χ4v) is 1.92. The Kier molecular flexibility index (Phi) is 5.89. The molecular weight excluding hydrogens is 314 g/mol. The molecule has 2 N–H and O–H groups in total. The zero-order chi connectivity index (χ0) is 17.4. The van der Waals surface area contributed by atoms with E-state index >= 15 is 0 Å². The van der Waals surface area contributed by atoms with Crippen molar-refractivity contribution in [1.29, 1.82) is 0 Å². The molecule has 0 aliphatic carbocycles. The number of nitrogens with zero attached hydrogens (tertiary/aromatic N) is 3. The minimum Gasteiger partial charge on any atom is -0.352 e. The maximum Gasteiger partial charge on any atom is 0.282 e. The molecule has 0 aliphatic rings. The zero-order valence-electron chi connectivity index (χ0n) is 12.6. The summed E-state index contributed by atoms with van der Waals surface area (Å²) < 4.78 is 0. The number of benzene rings is 1. The zero-order valence-corrected chi connectivity index (χ0v) is 12.6. The molecule has 124 valence electrons. The molecule has 9 heteroatoms. The van der Waals surface area contributed by atoms with Gasteiger partial charge in [-0.05, 0) is 12.5 Å². The Morgan fingerprint density at radius 3 is 2.46 bits per heavy atom. The fourth-order valence-electron chi connectivity index (χ4n) is 1.92. The number of hydrogen-bond donors (Lipinski definition) is 2. The molecule has 1 aromatic heterocycles. The standard InChI is InChI=1S/C15H15N5O4/c21-14(11-4-1-2-5-13(11)20(23)24)18-6-3-7-19-15(22)12-10-16-8-9-17-12/h1-2,4-5,8-10H,3,6-7H2,(H,18,21)(H,19,22). The van der Waals surface area contributed by atoms with Crippen molar-refractivity contribution in [3.8, 4) is 0 Å². The van der Waals surface area contributed by atoms with E-state index in [-0.39, 0.29) is 29.4 Å². The van der Waals surface area contributed by atoms with Crippen LogP contribution < -0.4 is 10.6 Å². The minimum atomic E-state index is -0.601. The first-order chi connectivity index (χ1) is 11.6. The highest BCUT2D eigenvalue weighted by Crippen LogP contribution is 2.17. The van der Waals surface area contributed by atoms with E-state index in [1.165, 1.54) is 36.8 Å². The Bertz CT molecular complexity index is 736. The van der Waals surface area contributed by atoms with Crippen molar-refractivity contribution in [1.82, 2.24) is 20.6 Å². The van der Waals surface area contributed by atoms with Crippen molar-refractivity contribution >= 4 is 17.5 Å². The van der Waals surface area contributed by atoms with Crippen LogP contribution in [0.2, 0.25) is 0 Å². The Hall–Kier alpha value is -3.36. The molecule has 0 bridgehead atoms. The Morgan fingerprint density at radius 2 is 1.79 bits per heavy atom. The van der Waals surface area contributed by atoms with Crippen molar-refractivity contribution in [2.24, 2.45) is 0 Å². The van der Waals surface area contributed by atoms with Crippen LogP contribution in [0.25, 0.3) is 0 Å². The summed E-state index contributed by atoms with van der Waals surface area (Å²) in [5.41, 5.74) is -0.0292. The number of nitrogens with one attached hydrogen (secondary N) is 2. The summed E-state index contributed by atoms with van der Waals surface area (Å²) in [6, 6.07) is 5.72. The first kappa shape index (κ1) is 17.0. The molecule has 2 amide bonds. The van der Waals surface area contributed by atoms with Gasteiger partial charge in [-0.1, -0.05) is 12.1 Å². The molecule has 2 rings (SSSR count). The molecule has 0 radical (unpaired) electrons. The average molecular weight is 329 g/mol. The molecule has 9 nitrogen and oxygen atoms in total. The minimum absolute atomic E-state index is 0.00564. The second-order valence-corrected chi connectivity index (χ2v) is 4.73. The van der Waals surface area contributed by atoms with E-state index in [0.717, 1.165) is 0 Å². The predicted octanol–water partition coefficient (Wildman–Crippen LogP) is 0.935. The molecule has 0 aliphatic heterocycles. The van der Waals surface area contributed by atoms with Crippen LogP contribution in [-0.4, -0.2) is 39.8 Å². The van der Waals surface area contributed by atoms with Gasteiger partial charge in [-0.3, -0.25) is 24.7 Å². The Labute approximate surface area is 137 Å². The summed E-state index contributed by atoms with van der Waals surface area (Å²) >= 11 is 0. The van der Waals surface area contributed by atoms with Gasteiger partial charge >= 0.3 is 0 Å². The number of nitro groups is 1. The van der Waals surface area contributed by atoms with Crippen LogP contribution in [0.1, 0.15) is 27.3 Å². The van der Waals surface area contributed by atoms with E-state index in [2.05, 4.69) is 20.6 Å². The van der Waals surface area contributed by atoms with Gasteiger partial charge in [-0.2, -0.15) is 0 Å². The molecular formula is C15H15N5O4. The van der Waals surface area contributed by atoms with Crippen LogP contribution in [0.15, 0.2) is 42.9 Å². The van der Waals surface area contributed by atoms with Crippen LogP contribution in [0, 0.1) is 10.1 Å². The summed E-state index contributed by atoms with van der Waals surface area (Å²) in [4.78, 5) is 41.6. The second kappa shape index (κ2) is 8.32. The smallest absolute Gasteiger partial charge is 0.282 e. The third-order valence-corrected chi connectivity index (χ3v) is 3.07. The molecule has 24 heavy (non-hydrogen) atoms. The molecule has 0 saturated heterocycles. The molecule has 0 fully saturated rings. The Morgan fingerprint density at radius 1 is 1.08 bits per heavy atom. The molecule has 1 aromatic carbocycles. The first-order valence-electron chi connectivity index (χ1n) is 7.15. The number of amides is 2. The van der Waals surface area contributed by atoms with E-state index in [4.69, 9.17) is 0 Å². The first-order valence-corrected chi connectivity index (χ1v) is 7.15. The molecule has 2 aromatic rings. The van der Waals surface area contributed by atoms with Gasteiger partial charge in [-0.15, -0.1) is 0 Å². The van der Waals surface area contributed by atoms with Crippen molar-refractivity contribution in [2.45, 2.75) is 6.42 Å². The SMILES string of the molecule is O=C(NCCCNC(=O)c1ccccc1[N+](=O)[O-])c1cnccn1. The van der Waals surface area contributed by atoms with Gasteiger partial charge < -0.3 is 10.6 Å². The van der Waals surface area contributed by atoms with Gasteiger partial charge in [-0.25, -0.2) is 4.98 Å². The predicted molar refractivity (Wildman–Crippen MR) is 84.4 cm³/mol. The van der Waals surface area contributed by atoms with E-state index in [0.29, 0.717) is 13.0 Å². The molecule has 0 atom stereocenters. The van der Waals surface area contributed by atoms with Crippen LogP contribution in [-0.2, 0) is 0 Å². The quantitative estimate of drug-likeness (QED) is 0.442. The van der Waals surface area contributed by atoms with Crippen molar-refractivity contribution in [2.75, 3.05) is 13.1 Å². The number of para-hydroxylation sites is 1. The monoisotopic (exact) mass is 329 g/mol. The maximum absolute atomic E-state index is 12.0. The van der Waals surface area contributed by atoms with Gasteiger partial charge in [0.05, 0.1) is 11.1 Å². The highest BCUT2D eigenvalue weighted by atomic mass is 16.6. The van der Waals surface area contributed by atoms with Gasteiger partial charge in [0.1, 0.15) is 11.3 Å². The van der Waals surface area contributed by atoms with Gasteiger partial charge in [0.15, 0.2) is 0 Å². The van der Waals surface area contributed by atoms with Gasteiger partial charge in [0, 0.05) is 31.5 Å². The lowest BCUT2D eigenvalue weighted by Gasteiger charge is -2.07. The van der Waals surface area contributed by atoms with Crippen LogP contribution in [0.4, 0.5) is 5.69 Å². The van der Waals surface area contributed by atoms with Crippen molar-refractivity contribution in [3.63, 3.8) is 0 Å². The summed E-state index contributed by atoms with van der Waals surface area (Å²) in [6.45, 7) is 0.595. The normalized spacial score (nSPS) is 10.0. The highest BCUT2D eigenvalue weighted by Gasteiger charge is 2.18. The summed E-state index contributed by atoms with van der Waals surface area (Å²) in [7, 11) is 0. The molecule has 0 unspecified atom stereocenters. The van der Waals surface area contributed by atoms with E-state index in [1.54, 1.807) is 6.07 Å². The third kappa shape index (κ3) is 4.57. The van der Waals surface area contributed by atoms with E-state index in [1.807, 2.05) is 0 Å². The highest BCUT2D eigenvalue weighted by molar-refractivity contribution is 5.98. The van der Waals surface area contributed by atoms with E-state index in [9.17, 15) is 19.7 Å². The van der Waals surface area contributed by atoms with Crippen molar-refractivity contribution in [3.05, 3.63) is 64.2 Å². The van der Waals surface area contributed by atoms with E-state index < -0.39 is 10.8 Å². The lowest BCUT2D eigenvalue weighted by atomic mass is 10.1. The number of nitro benzene ring substituents is 1. The Balaban J connectivity index is 1.76. The van der Waals surface area contributed by atoms with Gasteiger partial charge in [0.2, 0.25) is 0 Å². The molecule has 0 saturated carbocycles. The lowest BCUT2D eigenvalue weighted by molar-refractivity contribution is -0.385. The van der Waals surface area contributed by atoms with Gasteiger partial charge in [0.25, 0.3) is 17.5 Å². The second-order valence-electron chi connectivity index (χ2n) is 4.73. The van der Waals surface area contributed by atoms with Crippen LogP contribution >= 0.6 is 0 Å². The van der Waals surface area contributed by atoms with Crippen LogP contribution in [0.5, 0.6) is 0 Å². The number of aromatic nitrogens is 2. The summed E-state index contributed by atoms with van der Waals surface area (Å²) in [5, 5.41) is 16.1. The number of rotatable bonds is 7. The third-order valence-electron chi connectivity index (χ3n) is 3.07. The average Bonchev–Trinajstić information content (AvgIpc) is 2.61. The van der Waals surface area contributed by atoms with Crippen molar-refractivity contribution < 1.29 is 14.5 Å². The lowest BCUT2D eigenvalue weighted by Crippen LogP contribution is -2.30. The summed E-state index contributed by atoms with van der Waals surface area (Å²) in [5.74, 6) is -0.879. The topological polar surface area (TPSA) is 127 Å². The largest absolute Gasteiger partial charge is 0.352 e. The fraction of sp³-hybridized carbons (Fsp3) is 0.200. The molecule has 0 spiro atoms. The number of hydrogen-bond acceptors (Lipinski definition) is 6. The number of carbonyl (C=O) groups is 2.